The number of fused-ring (bicyclic) bond motifs is 1. The maximum absolute atomic E-state index is 13.4. The second kappa shape index (κ2) is 9.55. The highest BCUT2D eigenvalue weighted by atomic mass is 16.3. The smallest absolute Gasteiger partial charge is 0.231 e. The number of aromatic amines is 1. The number of carbonyl (C=O) groups is 2. The number of anilines is 1. The molecule has 1 unspecified atom stereocenters. The molecule has 10 nitrogen and oxygen atoms in total. The van der Waals surface area contributed by atoms with Crippen LogP contribution in [0, 0.1) is 0 Å². The summed E-state index contributed by atoms with van der Waals surface area (Å²) in [4.78, 5) is 29.5. The number of β-amino-alcohol motifs (C(OH)–C–C–N with tert-alkyl or cyclic N) is 1. The Bertz CT molecular complexity index is 1230. The van der Waals surface area contributed by atoms with Gasteiger partial charge in [0, 0.05) is 50.9 Å². The second-order valence-corrected chi connectivity index (χ2v) is 9.28. The Morgan fingerprint density at radius 3 is 2.83 bits per heavy atom. The monoisotopic (exact) mass is 475 g/mol. The van der Waals surface area contributed by atoms with Gasteiger partial charge in [0.15, 0.2) is 0 Å². The Morgan fingerprint density at radius 1 is 1.26 bits per heavy atom. The number of H-pyrrole nitrogens is 1. The van der Waals surface area contributed by atoms with Crippen molar-refractivity contribution in [3.8, 4) is 11.4 Å². The van der Waals surface area contributed by atoms with Gasteiger partial charge in [-0.3, -0.25) is 9.59 Å². The van der Waals surface area contributed by atoms with E-state index in [1.165, 1.54) is 0 Å². The van der Waals surface area contributed by atoms with Crippen molar-refractivity contribution in [3.63, 3.8) is 0 Å². The summed E-state index contributed by atoms with van der Waals surface area (Å²) >= 11 is 0. The minimum atomic E-state index is -0.507. The number of nitrogens with zero attached hydrogens (tertiary/aromatic N) is 5. The minimum absolute atomic E-state index is 0.0454. The molecule has 1 aromatic heterocycles. The molecule has 2 aromatic carbocycles. The van der Waals surface area contributed by atoms with Crippen LogP contribution in [0.5, 0.6) is 0 Å². The van der Waals surface area contributed by atoms with E-state index in [-0.39, 0.29) is 23.8 Å². The van der Waals surface area contributed by atoms with Crippen molar-refractivity contribution in [1.82, 2.24) is 30.8 Å². The van der Waals surface area contributed by atoms with Gasteiger partial charge in [-0.05, 0) is 40.5 Å². The highest BCUT2D eigenvalue weighted by molar-refractivity contribution is 6.01. The van der Waals surface area contributed by atoms with Crippen molar-refractivity contribution in [3.05, 3.63) is 59.2 Å². The van der Waals surface area contributed by atoms with E-state index in [9.17, 15) is 14.7 Å². The number of benzene rings is 2. The molecule has 3 atom stereocenters. The molecule has 3 N–H and O–H groups in total. The standard InChI is InChI=1S/C25H29N7O3/c1-26-25(35)23(17-7-6-16-12-22(34)31(2)21(16)11-17)20(14-32-9-8-19(33)13-32)15-4-3-5-18(10-15)24-27-29-30-28-24/h3-7,10-11,19-20,23,33H,8-9,12-14H2,1-2H3,(H,26,35)(H,27,28,29,30)/t19-,20+,23?/m0/s1. The Kier molecular flexibility index (Phi) is 6.31. The lowest BCUT2D eigenvalue weighted by molar-refractivity contribution is -0.122. The third kappa shape index (κ3) is 4.54. The van der Waals surface area contributed by atoms with Gasteiger partial charge in [-0.25, -0.2) is 0 Å². The first-order valence-electron chi connectivity index (χ1n) is 11.8. The fourth-order valence-corrected chi connectivity index (χ4v) is 5.23. The van der Waals surface area contributed by atoms with Crippen LogP contribution in [0.25, 0.3) is 11.4 Å². The number of nitrogens with one attached hydrogen (secondary N) is 2. The molecule has 0 bridgehead atoms. The van der Waals surface area contributed by atoms with Crippen LogP contribution in [-0.4, -0.2) is 82.3 Å². The number of likely N-dealkylation sites (tertiary alicyclic amines) is 1. The molecule has 35 heavy (non-hydrogen) atoms. The van der Waals surface area contributed by atoms with Crippen molar-refractivity contribution in [2.75, 3.05) is 38.6 Å². The zero-order chi connectivity index (χ0) is 24.5. The number of rotatable bonds is 7. The normalized spacial score (nSPS) is 19.6. The Labute approximate surface area is 203 Å². The minimum Gasteiger partial charge on any atom is -0.392 e. The van der Waals surface area contributed by atoms with Crippen molar-refractivity contribution >= 4 is 17.5 Å². The summed E-state index contributed by atoms with van der Waals surface area (Å²) in [6, 6.07) is 13.7. The molecular formula is C25H29N7O3. The van der Waals surface area contributed by atoms with Crippen LogP contribution in [-0.2, 0) is 16.0 Å². The number of hydrogen-bond acceptors (Lipinski definition) is 7. The lowest BCUT2D eigenvalue weighted by Gasteiger charge is -2.31. The quantitative estimate of drug-likeness (QED) is 0.466. The third-order valence-corrected chi connectivity index (χ3v) is 7.10. The van der Waals surface area contributed by atoms with Gasteiger partial charge >= 0.3 is 0 Å². The van der Waals surface area contributed by atoms with E-state index in [0.717, 1.165) is 34.5 Å². The summed E-state index contributed by atoms with van der Waals surface area (Å²) in [6.45, 7) is 1.93. The Balaban J connectivity index is 1.58. The fourth-order valence-electron chi connectivity index (χ4n) is 5.23. The molecule has 1 saturated heterocycles. The van der Waals surface area contributed by atoms with Gasteiger partial charge in [0.1, 0.15) is 0 Å². The molecule has 182 valence electrons. The van der Waals surface area contributed by atoms with E-state index in [1.54, 1.807) is 19.0 Å². The van der Waals surface area contributed by atoms with Crippen molar-refractivity contribution in [1.29, 1.82) is 0 Å². The van der Waals surface area contributed by atoms with E-state index < -0.39 is 5.92 Å². The number of hydrogen-bond donors (Lipinski definition) is 3. The molecule has 0 saturated carbocycles. The van der Waals surface area contributed by atoms with Crippen LogP contribution in [0.15, 0.2) is 42.5 Å². The molecule has 3 heterocycles. The average molecular weight is 476 g/mol. The van der Waals surface area contributed by atoms with Crippen LogP contribution in [0.4, 0.5) is 5.69 Å². The highest BCUT2D eigenvalue weighted by Gasteiger charge is 2.35. The van der Waals surface area contributed by atoms with E-state index in [1.807, 2.05) is 42.5 Å². The molecule has 2 aliphatic heterocycles. The summed E-state index contributed by atoms with van der Waals surface area (Å²) < 4.78 is 0. The van der Waals surface area contributed by atoms with Crippen LogP contribution >= 0.6 is 0 Å². The largest absolute Gasteiger partial charge is 0.392 e. The maximum Gasteiger partial charge on any atom is 0.231 e. The molecule has 0 spiro atoms. The lowest BCUT2D eigenvalue weighted by Crippen LogP contribution is -2.36. The van der Waals surface area contributed by atoms with E-state index in [4.69, 9.17) is 0 Å². The predicted octanol–water partition coefficient (Wildman–Crippen LogP) is 1.07. The first-order valence-corrected chi connectivity index (χ1v) is 11.8. The van der Waals surface area contributed by atoms with Gasteiger partial charge in [-0.1, -0.05) is 30.3 Å². The number of amides is 2. The second-order valence-electron chi connectivity index (χ2n) is 9.28. The number of likely N-dealkylation sites (N-methyl/N-ethyl adjacent to an activating group) is 2. The molecule has 3 aromatic rings. The third-order valence-electron chi connectivity index (χ3n) is 7.10. The van der Waals surface area contributed by atoms with Gasteiger partial charge in [0.2, 0.25) is 17.6 Å². The Hall–Kier alpha value is -3.63. The van der Waals surface area contributed by atoms with Gasteiger partial charge in [0.25, 0.3) is 0 Å². The number of carbonyl (C=O) groups excluding carboxylic acids is 2. The first-order chi connectivity index (χ1) is 16.9. The van der Waals surface area contributed by atoms with Crippen molar-refractivity contribution < 1.29 is 14.7 Å². The molecule has 10 heteroatoms. The van der Waals surface area contributed by atoms with Crippen LogP contribution < -0.4 is 10.2 Å². The molecule has 2 amide bonds. The SMILES string of the molecule is CNC(=O)C(c1ccc2c(c1)N(C)C(=O)C2)[C@H](CN1CC[C@H](O)C1)c1cccc(-c2nn[nH]n2)c1. The zero-order valence-electron chi connectivity index (χ0n) is 19.8. The molecule has 0 aliphatic carbocycles. The molecular weight excluding hydrogens is 446 g/mol. The van der Waals surface area contributed by atoms with Crippen molar-refractivity contribution in [2.45, 2.75) is 30.8 Å². The van der Waals surface area contributed by atoms with Crippen LogP contribution in [0.3, 0.4) is 0 Å². The molecule has 1 fully saturated rings. The fraction of sp³-hybridized carbons (Fsp3) is 0.400. The predicted molar refractivity (Wildman–Crippen MR) is 130 cm³/mol. The Morgan fingerprint density at radius 2 is 2.11 bits per heavy atom. The average Bonchev–Trinajstić information content (AvgIpc) is 3.61. The van der Waals surface area contributed by atoms with E-state index in [0.29, 0.717) is 31.8 Å². The van der Waals surface area contributed by atoms with Crippen LogP contribution in [0.2, 0.25) is 0 Å². The number of tetrazole rings is 1. The maximum atomic E-state index is 13.4. The van der Waals surface area contributed by atoms with Crippen LogP contribution in [0.1, 0.15) is 34.9 Å². The molecule has 2 aliphatic rings. The summed E-state index contributed by atoms with van der Waals surface area (Å²) in [7, 11) is 3.41. The summed E-state index contributed by atoms with van der Waals surface area (Å²) in [5.41, 5.74) is 4.43. The number of aliphatic hydroxyl groups is 1. The van der Waals surface area contributed by atoms with E-state index >= 15 is 0 Å². The van der Waals surface area contributed by atoms with Crippen molar-refractivity contribution in [2.24, 2.45) is 0 Å². The van der Waals surface area contributed by atoms with Gasteiger partial charge in [-0.15, -0.1) is 10.2 Å². The number of aromatic nitrogens is 4. The number of aliphatic hydroxyl groups excluding tert-OH is 1. The zero-order valence-corrected chi connectivity index (χ0v) is 19.8. The lowest BCUT2D eigenvalue weighted by atomic mass is 9.79. The van der Waals surface area contributed by atoms with Gasteiger partial charge < -0.3 is 20.2 Å². The van der Waals surface area contributed by atoms with Gasteiger partial charge in [-0.2, -0.15) is 5.21 Å². The highest BCUT2D eigenvalue weighted by Crippen LogP contribution is 2.39. The summed E-state index contributed by atoms with van der Waals surface area (Å²) in [5, 5.41) is 27.3. The summed E-state index contributed by atoms with van der Waals surface area (Å²) in [5.74, 6) is -0.299. The topological polar surface area (TPSA) is 127 Å². The van der Waals surface area contributed by atoms with E-state index in [2.05, 4.69) is 30.8 Å². The summed E-state index contributed by atoms with van der Waals surface area (Å²) in [6.07, 6.45) is 0.726. The van der Waals surface area contributed by atoms with Gasteiger partial charge in [0.05, 0.1) is 18.4 Å². The molecule has 0 radical (unpaired) electrons. The first kappa shape index (κ1) is 23.1. The molecule has 5 rings (SSSR count).